The van der Waals surface area contributed by atoms with Gasteiger partial charge in [-0.1, -0.05) is 0 Å². The van der Waals surface area contributed by atoms with Gasteiger partial charge in [-0.15, -0.1) is 11.3 Å². The lowest BCUT2D eigenvalue weighted by molar-refractivity contribution is -0.400. The fourth-order valence-corrected chi connectivity index (χ4v) is 1.65. The smallest absolute Gasteiger partial charge is 0.235 e. The van der Waals surface area contributed by atoms with Crippen molar-refractivity contribution in [1.29, 1.82) is 0 Å². The molecule has 0 bridgehead atoms. The highest BCUT2D eigenvalue weighted by atomic mass is 32.1. The molecule has 0 aliphatic heterocycles. The second-order valence-corrected chi connectivity index (χ2v) is 3.52. The molecule has 0 saturated heterocycles. The summed E-state index contributed by atoms with van der Waals surface area (Å²) < 4.78 is 0. The van der Waals surface area contributed by atoms with Gasteiger partial charge < -0.3 is 0 Å². The molecule has 0 atom stereocenters. The van der Waals surface area contributed by atoms with E-state index in [-0.39, 0.29) is 0 Å². The van der Waals surface area contributed by atoms with Gasteiger partial charge in [-0.3, -0.25) is 10.1 Å². The SMILES string of the molecule is Cc1nc(C)c(C=C[N+](=O)[O-])s1. The maximum Gasteiger partial charge on any atom is 0.235 e. The summed E-state index contributed by atoms with van der Waals surface area (Å²) in [6.07, 6.45) is 2.40. The maximum absolute atomic E-state index is 9.99. The van der Waals surface area contributed by atoms with Crippen molar-refractivity contribution < 1.29 is 4.92 Å². The van der Waals surface area contributed by atoms with Crippen LogP contribution in [0, 0.1) is 24.0 Å². The van der Waals surface area contributed by atoms with Gasteiger partial charge in [-0.05, 0) is 13.8 Å². The van der Waals surface area contributed by atoms with Crippen LogP contribution in [0.2, 0.25) is 0 Å². The zero-order valence-electron chi connectivity index (χ0n) is 6.77. The Bertz CT molecular complexity index is 330. The van der Waals surface area contributed by atoms with Gasteiger partial charge in [0.05, 0.1) is 20.5 Å². The summed E-state index contributed by atoms with van der Waals surface area (Å²) >= 11 is 1.45. The standard InChI is InChI=1S/C7H8N2O2S/c1-5-7(3-4-9(10)11)12-6(2)8-5/h3-4H,1-2H3. The van der Waals surface area contributed by atoms with Gasteiger partial charge in [0, 0.05) is 6.08 Å². The first kappa shape index (κ1) is 8.86. The summed E-state index contributed by atoms with van der Waals surface area (Å²) in [6.45, 7) is 3.71. The number of nitrogens with zero attached hydrogens (tertiary/aromatic N) is 2. The highest BCUT2D eigenvalue weighted by Crippen LogP contribution is 2.18. The Morgan fingerprint density at radius 1 is 1.58 bits per heavy atom. The molecule has 0 unspecified atom stereocenters. The molecule has 0 aliphatic carbocycles. The second kappa shape index (κ2) is 3.44. The summed E-state index contributed by atoms with van der Waals surface area (Å²) in [4.78, 5) is 14.5. The first-order valence-corrected chi connectivity index (χ1v) is 4.17. The summed E-state index contributed by atoms with van der Waals surface area (Å²) in [7, 11) is 0. The van der Waals surface area contributed by atoms with E-state index in [1.807, 2.05) is 13.8 Å². The molecule has 0 fully saturated rings. The Morgan fingerprint density at radius 2 is 2.25 bits per heavy atom. The third-order valence-corrected chi connectivity index (χ3v) is 2.33. The molecule has 1 heterocycles. The molecule has 0 N–H and O–H groups in total. The van der Waals surface area contributed by atoms with Crippen LogP contribution in [0.3, 0.4) is 0 Å². The lowest BCUT2D eigenvalue weighted by atomic mass is 10.4. The Hall–Kier alpha value is -1.23. The molecule has 0 radical (unpaired) electrons. The van der Waals surface area contributed by atoms with Crippen LogP contribution in [0.1, 0.15) is 15.6 Å². The number of thiazole rings is 1. The summed E-state index contributed by atoms with van der Waals surface area (Å²) in [5.74, 6) is 0. The summed E-state index contributed by atoms with van der Waals surface area (Å²) in [5, 5.41) is 10.9. The van der Waals surface area contributed by atoms with Crippen LogP contribution >= 0.6 is 11.3 Å². The molecule has 0 saturated carbocycles. The van der Waals surface area contributed by atoms with Crippen LogP contribution in [0.5, 0.6) is 0 Å². The molecule has 0 amide bonds. The number of rotatable bonds is 2. The van der Waals surface area contributed by atoms with Crippen LogP contribution in [0.15, 0.2) is 6.20 Å². The minimum absolute atomic E-state index is 0.478. The van der Waals surface area contributed by atoms with Crippen molar-refractivity contribution in [1.82, 2.24) is 4.98 Å². The Labute approximate surface area is 73.7 Å². The van der Waals surface area contributed by atoms with E-state index in [1.54, 1.807) is 0 Å². The van der Waals surface area contributed by atoms with Crippen LogP contribution in [0.25, 0.3) is 6.08 Å². The molecule has 0 spiro atoms. The van der Waals surface area contributed by atoms with E-state index in [9.17, 15) is 10.1 Å². The molecule has 12 heavy (non-hydrogen) atoms. The predicted octanol–water partition coefficient (Wildman–Crippen LogP) is 2.01. The Balaban J connectivity index is 2.89. The van der Waals surface area contributed by atoms with Crippen molar-refractivity contribution in [2.75, 3.05) is 0 Å². The highest BCUT2D eigenvalue weighted by Gasteiger charge is 2.01. The monoisotopic (exact) mass is 184 g/mol. The second-order valence-electron chi connectivity index (χ2n) is 2.28. The van der Waals surface area contributed by atoms with E-state index >= 15 is 0 Å². The molecule has 64 valence electrons. The molecular formula is C7H8N2O2S. The quantitative estimate of drug-likeness (QED) is 0.521. The van der Waals surface area contributed by atoms with E-state index in [0.717, 1.165) is 21.8 Å². The Kier molecular flexibility index (Phi) is 2.54. The Morgan fingerprint density at radius 3 is 2.67 bits per heavy atom. The van der Waals surface area contributed by atoms with Crippen molar-refractivity contribution in [2.45, 2.75) is 13.8 Å². The maximum atomic E-state index is 9.99. The molecule has 4 nitrogen and oxygen atoms in total. The normalized spacial score (nSPS) is 10.8. The topological polar surface area (TPSA) is 56.0 Å². The van der Waals surface area contributed by atoms with Crippen LogP contribution in [-0.2, 0) is 0 Å². The minimum atomic E-state index is -0.478. The lowest BCUT2D eigenvalue weighted by Crippen LogP contribution is -1.82. The van der Waals surface area contributed by atoms with Crippen molar-refractivity contribution in [2.24, 2.45) is 0 Å². The van der Waals surface area contributed by atoms with Gasteiger partial charge in [-0.25, -0.2) is 4.98 Å². The van der Waals surface area contributed by atoms with Gasteiger partial charge in [0.2, 0.25) is 6.20 Å². The summed E-state index contributed by atoms with van der Waals surface area (Å²) in [5.41, 5.74) is 0.843. The van der Waals surface area contributed by atoms with Crippen LogP contribution in [0.4, 0.5) is 0 Å². The first-order chi connectivity index (χ1) is 5.59. The van der Waals surface area contributed by atoms with Crippen molar-refractivity contribution in [3.05, 3.63) is 31.9 Å². The fourth-order valence-electron chi connectivity index (χ4n) is 0.830. The van der Waals surface area contributed by atoms with E-state index in [1.165, 1.54) is 17.4 Å². The molecule has 0 aliphatic rings. The van der Waals surface area contributed by atoms with Crippen LogP contribution < -0.4 is 0 Å². The van der Waals surface area contributed by atoms with Crippen molar-refractivity contribution in [3.8, 4) is 0 Å². The molecule has 1 aromatic rings. The van der Waals surface area contributed by atoms with Gasteiger partial charge in [0.15, 0.2) is 0 Å². The van der Waals surface area contributed by atoms with Crippen LogP contribution in [-0.4, -0.2) is 9.91 Å². The number of nitro groups is 1. The largest absolute Gasteiger partial charge is 0.259 e. The molecule has 1 rings (SSSR count). The van der Waals surface area contributed by atoms with Gasteiger partial charge >= 0.3 is 0 Å². The van der Waals surface area contributed by atoms with E-state index < -0.39 is 4.92 Å². The van der Waals surface area contributed by atoms with Gasteiger partial charge in [0.25, 0.3) is 0 Å². The number of aryl methyl sites for hydroxylation is 2. The third kappa shape index (κ3) is 2.13. The van der Waals surface area contributed by atoms with Gasteiger partial charge in [0.1, 0.15) is 0 Å². The molecule has 1 aromatic heterocycles. The number of aromatic nitrogens is 1. The number of hydrogen-bond acceptors (Lipinski definition) is 4. The predicted molar refractivity (Wildman–Crippen MR) is 47.6 cm³/mol. The zero-order valence-corrected chi connectivity index (χ0v) is 7.59. The highest BCUT2D eigenvalue weighted by molar-refractivity contribution is 7.12. The molecule has 5 heteroatoms. The van der Waals surface area contributed by atoms with E-state index in [2.05, 4.69) is 4.98 Å². The molecule has 0 aromatic carbocycles. The summed E-state index contributed by atoms with van der Waals surface area (Å²) in [6, 6.07) is 0. The fraction of sp³-hybridized carbons (Fsp3) is 0.286. The van der Waals surface area contributed by atoms with E-state index in [0.29, 0.717) is 0 Å². The minimum Gasteiger partial charge on any atom is -0.259 e. The lowest BCUT2D eigenvalue weighted by Gasteiger charge is -1.82. The third-order valence-electron chi connectivity index (χ3n) is 1.29. The average molecular weight is 184 g/mol. The zero-order chi connectivity index (χ0) is 9.14. The van der Waals surface area contributed by atoms with E-state index in [4.69, 9.17) is 0 Å². The molecular weight excluding hydrogens is 176 g/mol. The van der Waals surface area contributed by atoms with Gasteiger partial charge in [-0.2, -0.15) is 0 Å². The van der Waals surface area contributed by atoms with Crippen molar-refractivity contribution in [3.63, 3.8) is 0 Å². The number of hydrogen-bond donors (Lipinski definition) is 0. The first-order valence-electron chi connectivity index (χ1n) is 3.35. The van der Waals surface area contributed by atoms with Crippen molar-refractivity contribution >= 4 is 17.4 Å². The average Bonchev–Trinajstić information content (AvgIpc) is 2.26.